The van der Waals surface area contributed by atoms with Crippen LogP contribution in [-0.2, 0) is 11.3 Å². The molecule has 7 aromatic rings. The van der Waals surface area contributed by atoms with E-state index in [-0.39, 0.29) is 29.5 Å². The summed E-state index contributed by atoms with van der Waals surface area (Å²) >= 11 is 3.48. The molecule has 1 heterocycles. The van der Waals surface area contributed by atoms with E-state index < -0.39 is 5.91 Å². The van der Waals surface area contributed by atoms with Gasteiger partial charge in [-0.25, -0.2) is 4.98 Å². The Morgan fingerprint density at radius 2 is 1.54 bits per heavy atom. The number of phenolic OH excluding ortho intramolecular Hbond substituents is 1. The molecular weight excluding hydrogens is 750 g/mol. The number of esters is 1. The van der Waals surface area contributed by atoms with Gasteiger partial charge in [0.1, 0.15) is 23.0 Å². The topological polar surface area (TPSA) is 132 Å². The van der Waals surface area contributed by atoms with Crippen molar-refractivity contribution in [1.82, 2.24) is 4.98 Å². The van der Waals surface area contributed by atoms with Crippen LogP contribution in [0.25, 0.3) is 32.9 Å². The summed E-state index contributed by atoms with van der Waals surface area (Å²) in [6.07, 6.45) is 3.85. The molecule has 0 aliphatic heterocycles. The minimum absolute atomic E-state index is 0.227. The number of oxazole rings is 1. The van der Waals surface area contributed by atoms with Crippen LogP contribution in [0.4, 0.5) is 11.4 Å². The molecule has 0 aliphatic rings. The van der Waals surface area contributed by atoms with Gasteiger partial charge in [-0.15, -0.1) is 0 Å². The molecule has 6 aromatic carbocycles. The van der Waals surface area contributed by atoms with Crippen molar-refractivity contribution in [2.45, 2.75) is 26.3 Å². The second-order valence-corrected chi connectivity index (χ2v) is 13.1. The number of halogens is 1. The molecule has 7 rings (SSSR count). The smallest absolute Gasteiger partial charge is 0.311 e. The number of aromatic nitrogens is 1. The predicted octanol–water partition coefficient (Wildman–Crippen LogP) is 10.4. The molecule has 11 heteroatoms. The van der Waals surface area contributed by atoms with Crippen LogP contribution in [0.5, 0.6) is 23.0 Å². The first-order chi connectivity index (χ1) is 26.3. The van der Waals surface area contributed by atoms with Gasteiger partial charge in [-0.3, -0.25) is 9.59 Å². The Morgan fingerprint density at radius 1 is 0.796 bits per heavy atom. The molecule has 0 bridgehead atoms. The van der Waals surface area contributed by atoms with E-state index in [9.17, 15) is 14.7 Å². The van der Waals surface area contributed by atoms with E-state index in [1.165, 1.54) is 13.5 Å². The van der Waals surface area contributed by atoms with E-state index in [0.29, 0.717) is 35.7 Å². The van der Waals surface area contributed by atoms with Gasteiger partial charge in [0, 0.05) is 34.8 Å². The molecule has 0 saturated heterocycles. The SMILES string of the molecule is CCCC(=O)Oc1cc2ccccc2cc1C(=O)Nc1ccc(-c2cnco2)c(OC)c1.COc1ccccc1NCc1cc2cc(Br)ccc2cc1O. The molecule has 0 fully saturated rings. The number of amides is 1. The number of nitrogens with zero attached hydrogens (tertiary/aromatic N) is 1. The number of hydrogen-bond acceptors (Lipinski definition) is 9. The van der Waals surface area contributed by atoms with Gasteiger partial charge < -0.3 is 34.4 Å². The maximum atomic E-state index is 13.2. The summed E-state index contributed by atoms with van der Waals surface area (Å²) in [7, 11) is 3.18. The Kier molecular flexibility index (Phi) is 12.1. The molecule has 54 heavy (non-hydrogen) atoms. The Labute approximate surface area is 320 Å². The van der Waals surface area contributed by atoms with Gasteiger partial charge in [-0.1, -0.05) is 65.3 Å². The maximum absolute atomic E-state index is 13.2. The van der Waals surface area contributed by atoms with Crippen LogP contribution in [0.1, 0.15) is 35.7 Å². The van der Waals surface area contributed by atoms with Gasteiger partial charge in [0.15, 0.2) is 12.2 Å². The van der Waals surface area contributed by atoms with Crippen molar-refractivity contribution in [3.05, 3.63) is 137 Å². The highest BCUT2D eigenvalue weighted by molar-refractivity contribution is 9.10. The molecule has 0 spiro atoms. The minimum atomic E-state index is -0.399. The van der Waals surface area contributed by atoms with Crippen molar-refractivity contribution in [3.8, 4) is 34.3 Å². The Morgan fingerprint density at radius 3 is 2.28 bits per heavy atom. The fourth-order valence-electron chi connectivity index (χ4n) is 5.81. The van der Waals surface area contributed by atoms with E-state index in [1.54, 1.807) is 49.7 Å². The summed E-state index contributed by atoms with van der Waals surface area (Å²) < 4.78 is 22.7. The quantitative estimate of drug-likeness (QED) is 0.0865. The second-order valence-electron chi connectivity index (χ2n) is 12.2. The highest BCUT2D eigenvalue weighted by atomic mass is 79.9. The number of rotatable bonds is 11. The number of carbonyl (C=O) groups excluding carboxylic acids is 2. The van der Waals surface area contributed by atoms with Crippen LogP contribution in [0.15, 0.2) is 131 Å². The number of methoxy groups -OCH3 is 2. The fourth-order valence-corrected chi connectivity index (χ4v) is 6.18. The normalized spacial score (nSPS) is 10.7. The van der Waals surface area contributed by atoms with Gasteiger partial charge in [0.05, 0.1) is 37.2 Å². The number of aromatic hydroxyl groups is 1. The second kappa shape index (κ2) is 17.5. The lowest BCUT2D eigenvalue weighted by atomic mass is 10.0. The number of phenols is 1. The van der Waals surface area contributed by atoms with E-state index in [2.05, 4.69) is 31.5 Å². The summed E-state index contributed by atoms with van der Waals surface area (Å²) in [6.45, 7) is 2.42. The number of benzene rings is 6. The summed E-state index contributed by atoms with van der Waals surface area (Å²) in [5.41, 5.74) is 3.25. The van der Waals surface area contributed by atoms with Crippen molar-refractivity contribution in [3.63, 3.8) is 0 Å². The number of nitrogens with one attached hydrogen (secondary N) is 2. The summed E-state index contributed by atoms with van der Waals surface area (Å²) in [5, 5.41) is 20.2. The van der Waals surface area contributed by atoms with Crippen LogP contribution >= 0.6 is 15.9 Å². The zero-order valence-electron chi connectivity index (χ0n) is 29.9. The lowest BCUT2D eigenvalue weighted by Gasteiger charge is -2.13. The van der Waals surface area contributed by atoms with Crippen molar-refractivity contribution < 1.29 is 33.3 Å². The van der Waals surface area contributed by atoms with E-state index >= 15 is 0 Å². The van der Waals surface area contributed by atoms with Crippen LogP contribution in [-0.4, -0.2) is 36.2 Å². The zero-order chi connectivity index (χ0) is 38.0. The van der Waals surface area contributed by atoms with Gasteiger partial charge >= 0.3 is 5.97 Å². The highest BCUT2D eigenvalue weighted by Crippen LogP contribution is 2.34. The standard InChI is InChI=1S/C25H22N2O5.C18H16BrNO2/c1-3-6-24(28)32-22-12-17-8-5-4-7-16(17)11-20(22)25(29)27-18-9-10-19(21(13-18)30-2)23-14-26-15-31-23;1-22-18-5-3-2-4-16(18)20-11-14-8-13-9-15(19)7-6-12(13)10-17(14)21/h4-5,7-15H,3,6H2,1-2H3,(H,27,29);2-10,20-21H,11H2,1H3. The number of para-hydroxylation sites is 2. The zero-order valence-corrected chi connectivity index (χ0v) is 31.5. The number of fused-ring (bicyclic) bond motifs is 2. The Balaban J connectivity index is 0.000000197. The van der Waals surface area contributed by atoms with Crippen molar-refractivity contribution in [1.29, 1.82) is 0 Å². The molecule has 0 saturated carbocycles. The van der Waals surface area contributed by atoms with Crippen molar-refractivity contribution >= 4 is 60.7 Å². The highest BCUT2D eigenvalue weighted by Gasteiger charge is 2.18. The molecule has 1 aromatic heterocycles. The van der Waals surface area contributed by atoms with Gasteiger partial charge in [0.2, 0.25) is 0 Å². The van der Waals surface area contributed by atoms with E-state index in [1.807, 2.05) is 79.7 Å². The molecule has 0 atom stereocenters. The third-order valence-electron chi connectivity index (χ3n) is 8.50. The predicted molar refractivity (Wildman–Crippen MR) is 215 cm³/mol. The summed E-state index contributed by atoms with van der Waals surface area (Å²) in [6, 6.07) is 33.7. The first-order valence-corrected chi connectivity index (χ1v) is 17.9. The summed E-state index contributed by atoms with van der Waals surface area (Å²) in [4.78, 5) is 29.2. The van der Waals surface area contributed by atoms with Gasteiger partial charge in [0.25, 0.3) is 5.91 Å². The molecular formula is C43H38BrN3O7. The fraction of sp³-hybridized carbons (Fsp3) is 0.140. The first-order valence-electron chi connectivity index (χ1n) is 17.2. The number of carbonyl (C=O) groups is 2. The van der Waals surface area contributed by atoms with E-state index in [4.69, 9.17) is 18.6 Å². The van der Waals surface area contributed by atoms with Gasteiger partial charge in [-0.05, 0) is 88.6 Å². The molecule has 3 N–H and O–H groups in total. The van der Waals surface area contributed by atoms with Crippen molar-refractivity contribution in [2.24, 2.45) is 0 Å². The third-order valence-corrected chi connectivity index (χ3v) is 9.00. The molecule has 0 aliphatic carbocycles. The average molecular weight is 789 g/mol. The van der Waals surface area contributed by atoms with Gasteiger partial charge in [-0.2, -0.15) is 0 Å². The van der Waals surface area contributed by atoms with Crippen LogP contribution in [0, 0.1) is 0 Å². The maximum Gasteiger partial charge on any atom is 0.311 e. The Hall–Kier alpha value is -6.33. The first kappa shape index (κ1) is 37.4. The molecule has 0 radical (unpaired) electrons. The van der Waals surface area contributed by atoms with Crippen LogP contribution in [0.3, 0.4) is 0 Å². The molecule has 274 valence electrons. The van der Waals surface area contributed by atoms with Crippen LogP contribution < -0.4 is 24.8 Å². The lowest BCUT2D eigenvalue weighted by molar-refractivity contribution is -0.134. The molecule has 0 unspecified atom stereocenters. The minimum Gasteiger partial charge on any atom is -0.508 e. The monoisotopic (exact) mass is 787 g/mol. The van der Waals surface area contributed by atoms with E-state index in [0.717, 1.165) is 43.0 Å². The number of anilines is 2. The number of ether oxygens (including phenoxy) is 3. The third kappa shape index (κ3) is 8.99. The molecule has 10 nitrogen and oxygen atoms in total. The number of hydrogen-bond donors (Lipinski definition) is 3. The molecule has 1 amide bonds. The Bertz CT molecular complexity index is 2410. The lowest BCUT2D eigenvalue weighted by Crippen LogP contribution is -2.16. The van der Waals surface area contributed by atoms with Crippen LogP contribution in [0.2, 0.25) is 0 Å². The average Bonchev–Trinajstić information content (AvgIpc) is 3.72. The largest absolute Gasteiger partial charge is 0.508 e. The van der Waals surface area contributed by atoms with Crippen molar-refractivity contribution in [2.75, 3.05) is 24.9 Å². The summed E-state index contributed by atoms with van der Waals surface area (Å²) in [5.74, 6) is 1.60.